The number of nitrogens with one attached hydrogen (secondary N) is 1. The lowest BCUT2D eigenvalue weighted by atomic mass is 9.78. The number of aromatic carboxylic acids is 1. The predicted molar refractivity (Wildman–Crippen MR) is 256 cm³/mol. The van der Waals surface area contributed by atoms with Crippen LogP contribution in [-0.2, 0) is 13.2 Å². The molecule has 18 heteroatoms. The molecule has 0 heterocycles. The molecule has 0 unspecified atom stereocenters. The number of alkyl halides is 4. The molecule has 0 aromatic heterocycles. The summed E-state index contributed by atoms with van der Waals surface area (Å²) in [7, 11) is 13.4. The Labute approximate surface area is 403 Å². The van der Waals surface area contributed by atoms with E-state index in [9.17, 15) is 27.2 Å². The molecule has 0 bridgehead atoms. The summed E-state index contributed by atoms with van der Waals surface area (Å²) in [4.78, 5) is 28.0. The van der Waals surface area contributed by atoms with E-state index in [0.29, 0.717) is 85.5 Å². The lowest BCUT2D eigenvalue weighted by molar-refractivity contribution is -0.0728. The highest BCUT2D eigenvalue weighted by Gasteiger charge is 2.45. The molecule has 2 fully saturated rings. The summed E-state index contributed by atoms with van der Waals surface area (Å²) in [6, 6.07) is 25.3. The number of nitrogens with two attached hydrogens (primary N) is 1. The number of likely N-dealkylation sites (N-methyl/N-ethyl adjacent to an activating group) is 2. The summed E-state index contributed by atoms with van der Waals surface area (Å²) in [5, 5.41) is 12.0. The van der Waals surface area contributed by atoms with Crippen molar-refractivity contribution >= 4 is 24.3 Å². The minimum Gasteiger partial charge on any atom is -0.493 e. The fourth-order valence-electron chi connectivity index (χ4n) is 7.88. The molecular formula is C50H67ClF4N4O9. The third kappa shape index (κ3) is 15.5. The van der Waals surface area contributed by atoms with E-state index in [1.165, 1.54) is 40.6 Å². The smallest absolute Gasteiger partial charge is 0.335 e. The fourth-order valence-corrected chi connectivity index (χ4v) is 7.88. The van der Waals surface area contributed by atoms with Gasteiger partial charge in [-0.25, -0.2) is 22.4 Å². The number of methoxy groups -OCH3 is 4. The number of ether oxygens (including phenoxy) is 6. The Morgan fingerprint density at radius 3 is 1.24 bits per heavy atom. The first-order valence-corrected chi connectivity index (χ1v) is 21.9. The van der Waals surface area contributed by atoms with Gasteiger partial charge in [0.1, 0.15) is 13.2 Å². The van der Waals surface area contributed by atoms with E-state index in [2.05, 4.69) is 5.32 Å². The molecule has 2 aliphatic rings. The number of hydrogen-bond acceptors (Lipinski definition) is 11. The topological polar surface area (TPSA) is 154 Å². The van der Waals surface area contributed by atoms with Gasteiger partial charge in [-0.15, -0.1) is 12.4 Å². The van der Waals surface area contributed by atoms with Crippen molar-refractivity contribution in [3.05, 3.63) is 107 Å². The van der Waals surface area contributed by atoms with Crippen LogP contribution >= 0.6 is 12.4 Å². The lowest BCUT2D eigenvalue weighted by Gasteiger charge is -2.45. The molecule has 2 aliphatic carbocycles. The van der Waals surface area contributed by atoms with E-state index in [1.807, 2.05) is 98.7 Å². The Kier molecular flexibility index (Phi) is 21.5. The zero-order valence-electron chi connectivity index (χ0n) is 40.2. The first-order chi connectivity index (χ1) is 31.8. The molecule has 1 amide bonds. The van der Waals surface area contributed by atoms with E-state index in [0.717, 1.165) is 11.1 Å². The lowest BCUT2D eigenvalue weighted by Crippen LogP contribution is -2.56. The van der Waals surface area contributed by atoms with Crippen LogP contribution in [0.1, 0.15) is 83.2 Å². The van der Waals surface area contributed by atoms with Gasteiger partial charge in [0.25, 0.3) is 5.91 Å². The van der Waals surface area contributed by atoms with E-state index >= 15 is 0 Å². The van der Waals surface area contributed by atoms with Gasteiger partial charge in [-0.2, -0.15) is 0 Å². The third-order valence-electron chi connectivity index (χ3n) is 12.6. The van der Waals surface area contributed by atoms with Crippen LogP contribution < -0.4 is 39.5 Å². The Balaban J connectivity index is 0.000000298. The molecule has 68 heavy (non-hydrogen) atoms. The molecule has 4 aromatic rings. The molecule has 0 aliphatic heterocycles. The summed E-state index contributed by atoms with van der Waals surface area (Å²) < 4.78 is 86.2. The van der Waals surface area contributed by atoms with E-state index < -0.39 is 23.4 Å². The maximum absolute atomic E-state index is 13.7. The molecular weight excluding hydrogens is 912 g/mol. The molecule has 4 aromatic carbocycles. The Bertz CT molecular complexity index is 2130. The SMILES string of the molecule is CN(C)C1(CN)CCC(F)(F)CC1.COc1cc(C(=O)NCC2(N(C)C)CCC(F)(F)CC2)cc(OC)c1OCc1ccccc1.COc1cc(C(=O)O)cc(OC)c1OCc1ccccc1.Cl. The molecule has 0 spiro atoms. The fraction of sp³-hybridized carbons (Fsp3) is 0.480. The van der Waals surface area contributed by atoms with Crippen LogP contribution in [0.5, 0.6) is 34.5 Å². The second-order valence-electron chi connectivity index (χ2n) is 17.1. The minimum absolute atomic E-state index is 0. The number of nitrogens with zero attached hydrogens (tertiary/aromatic N) is 2. The van der Waals surface area contributed by atoms with Crippen molar-refractivity contribution in [3.8, 4) is 34.5 Å². The molecule has 376 valence electrons. The average Bonchev–Trinajstić information content (AvgIpc) is 3.32. The number of rotatable bonds is 17. The largest absolute Gasteiger partial charge is 0.493 e. The van der Waals surface area contributed by atoms with Crippen molar-refractivity contribution in [3.63, 3.8) is 0 Å². The zero-order valence-corrected chi connectivity index (χ0v) is 41.0. The van der Waals surface area contributed by atoms with Gasteiger partial charge in [-0.1, -0.05) is 60.7 Å². The highest BCUT2D eigenvalue weighted by atomic mass is 35.5. The van der Waals surface area contributed by atoms with Crippen LogP contribution in [0.15, 0.2) is 84.9 Å². The number of carboxylic acid groups (broad SMARTS) is 1. The van der Waals surface area contributed by atoms with Crippen molar-refractivity contribution in [2.45, 2.75) is 87.5 Å². The summed E-state index contributed by atoms with van der Waals surface area (Å²) in [6.45, 7) is 1.39. The highest BCUT2D eigenvalue weighted by Crippen LogP contribution is 2.43. The first-order valence-electron chi connectivity index (χ1n) is 21.9. The van der Waals surface area contributed by atoms with Crippen LogP contribution in [0, 0.1) is 0 Å². The number of halogens is 5. The number of carboxylic acids is 1. The maximum Gasteiger partial charge on any atom is 0.335 e. The summed E-state index contributed by atoms with van der Waals surface area (Å²) in [5.41, 5.74) is 7.33. The molecule has 0 atom stereocenters. The van der Waals surface area contributed by atoms with E-state index in [-0.39, 0.29) is 61.6 Å². The van der Waals surface area contributed by atoms with Crippen molar-refractivity contribution in [1.82, 2.24) is 15.1 Å². The van der Waals surface area contributed by atoms with E-state index in [1.54, 1.807) is 12.1 Å². The van der Waals surface area contributed by atoms with Crippen molar-refractivity contribution < 1.29 is 60.7 Å². The van der Waals surface area contributed by atoms with Gasteiger partial charge in [-0.3, -0.25) is 4.79 Å². The van der Waals surface area contributed by atoms with Gasteiger partial charge in [0, 0.05) is 55.4 Å². The highest BCUT2D eigenvalue weighted by molar-refractivity contribution is 5.95. The predicted octanol–water partition coefficient (Wildman–Crippen LogP) is 9.38. The van der Waals surface area contributed by atoms with Gasteiger partial charge < -0.3 is 54.4 Å². The Morgan fingerprint density at radius 2 is 0.926 bits per heavy atom. The Hall–Kier alpha value is -5.49. The quantitative estimate of drug-likeness (QED) is 0.0864. The first kappa shape index (κ1) is 56.8. The molecule has 0 saturated heterocycles. The molecule has 6 rings (SSSR count). The van der Waals surface area contributed by atoms with Crippen LogP contribution in [0.4, 0.5) is 17.6 Å². The summed E-state index contributed by atoms with van der Waals surface area (Å²) >= 11 is 0. The zero-order chi connectivity index (χ0) is 49.4. The number of hydrogen-bond donors (Lipinski definition) is 3. The van der Waals surface area contributed by atoms with E-state index in [4.69, 9.17) is 39.3 Å². The van der Waals surface area contributed by atoms with Crippen molar-refractivity contribution in [2.24, 2.45) is 5.73 Å². The average molecular weight is 980 g/mol. The van der Waals surface area contributed by atoms with Crippen molar-refractivity contribution in [1.29, 1.82) is 0 Å². The monoisotopic (exact) mass is 978 g/mol. The van der Waals surface area contributed by atoms with Crippen molar-refractivity contribution in [2.75, 3.05) is 69.7 Å². The van der Waals surface area contributed by atoms with Crippen LogP contribution in [0.3, 0.4) is 0 Å². The van der Waals surface area contributed by atoms with Gasteiger partial charge in [-0.05, 0) is 89.3 Å². The normalized spacial score (nSPS) is 16.3. The number of carbonyl (C=O) groups excluding carboxylic acids is 1. The molecule has 13 nitrogen and oxygen atoms in total. The standard InChI is InChI=1S/C25H32F2N2O4.C16H16O5.C9H18F2N2.ClH/c1-29(2)24(10-12-25(26,27)13-11-24)17-28-23(30)19-14-20(31-3)22(21(15-19)32-4)33-16-18-8-6-5-7-9-18;1-19-13-8-12(16(17)18)9-14(20-2)15(13)21-10-11-6-4-3-5-7-11;1-13(2)8(7-12)3-5-9(10,11)6-4-8;/h5-9,14-15H,10-13,16-17H2,1-4H3,(H,28,30);3-9H,10H2,1-2H3,(H,17,18);3-7,12H2,1-2H3;1H. The van der Waals surface area contributed by atoms with Crippen LogP contribution in [-0.4, -0.2) is 119 Å². The second-order valence-corrected chi connectivity index (χ2v) is 17.1. The molecule has 0 radical (unpaired) electrons. The number of benzene rings is 4. The van der Waals surface area contributed by atoms with Gasteiger partial charge in [0.2, 0.25) is 23.3 Å². The third-order valence-corrected chi connectivity index (χ3v) is 12.6. The Morgan fingerprint density at radius 1 is 0.588 bits per heavy atom. The van der Waals surface area contributed by atoms with Crippen LogP contribution in [0.25, 0.3) is 0 Å². The molecule has 4 N–H and O–H groups in total. The van der Waals surface area contributed by atoms with Gasteiger partial charge in [0.05, 0.1) is 34.0 Å². The van der Waals surface area contributed by atoms with Crippen LogP contribution in [0.2, 0.25) is 0 Å². The minimum atomic E-state index is -2.64. The van der Waals surface area contributed by atoms with Gasteiger partial charge in [0.15, 0.2) is 23.0 Å². The summed E-state index contributed by atoms with van der Waals surface area (Å²) in [6.07, 6.45) is 1.21. The maximum atomic E-state index is 13.7. The number of amides is 1. The second kappa shape index (κ2) is 25.8. The number of carbonyl (C=O) groups is 2. The summed E-state index contributed by atoms with van der Waals surface area (Å²) in [5.74, 6) is -4.32. The van der Waals surface area contributed by atoms with Gasteiger partial charge >= 0.3 is 5.97 Å². The molecule has 2 saturated carbocycles.